The summed E-state index contributed by atoms with van der Waals surface area (Å²) in [7, 11) is 2.55. The molecule has 6 heteroatoms. The molecular formula is C11H4N4S2. The maximum absolute atomic E-state index is 9.02. The monoisotopic (exact) mass is 256 g/mol. The largest absolute Gasteiger partial charge is 0.192 e. The third-order valence-corrected chi connectivity index (χ3v) is 3.65. The van der Waals surface area contributed by atoms with E-state index >= 15 is 0 Å². The normalized spacial score (nSPS) is 8.53. The minimum atomic E-state index is 0.125. The summed E-state index contributed by atoms with van der Waals surface area (Å²) in [6, 6.07) is 8.83. The van der Waals surface area contributed by atoms with E-state index in [0.29, 0.717) is 4.90 Å². The molecule has 0 fully saturated rings. The maximum Gasteiger partial charge on any atom is 0.102 e. The Labute approximate surface area is 106 Å². The molecule has 4 nitrogen and oxygen atoms in total. The van der Waals surface area contributed by atoms with E-state index in [1.54, 1.807) is 6.26 Å². The zero-order valence-corrected chi connectivity index (χ0v) is 10.3. The molecule has 0 unspecified atom stereocenters. The average Bonchev–Trinajstić information content (AvgIpc) is 2.37. The molecule has 0 saturated carbocycles. The molecular weight excluding hydrogens is 252 g/mol. The van der Waals surface area contributed by atoms with Crippen LogP contribution in [0.25, 0.3) is 0 Å². The van der Waals surface area contributed by atoms with Gasteiger partial charge in [0.1, 0.15) is 24.3 Å². The van der Waals surface area contributed by atoms with E-state index in [-0.39, 0.29) is 22.3 Å². The van der Waals surface area contributed by atoms with Crippen molar-refractivity contribution < 1.29 is 0 Å². The first kappa shape index (κ1) is 12.9. The van der Waals surface area contributed by atoms with Crippen molar-refractivity contribution in [3.05, 3.63) is 28.3 Å². The summed E-state index contributed by atoms with van der Waals surface area (Å²) in [5.74, 6) is 0. The Morgan fingerprint density at radius 3 is 1.65 bits per heavy atom. The molecule has 0 spiro atoms. The maximum atomic E-state index is 9.02. The van der Waals surface area contributed by atoms with Crippen LogP contribution in [0.2, 0.25) is 0 Å². The summed E-state index contributed by atoms with van der Waals surface area (Å²) < 4.78 is 0. The molecule has 1 aromatic carbocycles. The molecule has 0 bridgehead atoms. The van der Waals surface area contributed by atoms with Crippen molar-refractivity contribution >= 4 is 21.6 Å². The summed E-state index contributed by atoms with van der Waals surface area (Å²) in [4.78, 5) is 0.387. The van der Waals surface area contributed by atoms with E-state index in [1.165, 1.54) is 27.7 Å². The van der Waals surface area contributed by atoms with Crippen LogP contribution in [0.4, 0.5) is 0 Å². The van der Waals surface area contributed by atoms with Crippen LogP contribution >= 0.6 is 21.6 Å². The standard InChI is InChI=1S/C11H4N4S2/c1-16-17-11-9(5-14)7(3-12)2-8(4-13)10(11)6-15/h2H,1H3. The zero-order chi connectivity index (χ0) is 12.8. The molecule has 0 aromatic heterocycles. The Balaban J connectivity index is 3.75. The number of hydrogen-bond donors (Lipinski definition) is 0. The van der Waals surface area contributed by atoms with Crippen molar-refractivity contribution in [3.63, 3.8) is 0 Å². The van der Waals surface area contributed by atoms with Crippen molar-refractivity contribution in [3.8, 4) is 24.3 Å². The molecule has 0 radical (unpaired) electrons. The highest BCUT2D eigenvalue weighted by Crippen LogP contribution is 2.36. The molecule has 1 rings (SSSR count). The van der Waals surface area contributed by atoms with Gasteiger partial charge in [-0.2, -0.15) is 21.0 Å². The second kappa shape index (κ2) is 5.83. The quantitative estimate of drug-likeness (QED) is 0.754. The van der Waals surface area contributed by atoms with E-state index in [9.17, 15) is 0 Å². The van der Waals surface area contributed by atoms with Gasteiger partial charge < -0.3 is 0 Å². The SMILES string of the molecule is CSSc1c(C#N)c(C#N)cc(C#N)c1C#N. The Kier molecular flexibility index (Phi) is 4.44. The molecule has 17 heavy (non-hydrogen) atoms. The Bertz CT molecular complexity index is 573. The number of benzene rings is 1. The van der Waals surface area contributed by atoms with Crippen LogP contribution in [0.1, 0.15) is 22.3 Å². The van der Waals surface area contributed by atoms with Crippen molar-refractivity contribution in [2.45, 2.75) is 4.90 Å². The van der Waals surface area contributed by atoms with E-state index in [4.69, 9.17) is 21.0 Å². The van der Waals surface area contributed by atoms with Crippen LogP contribution in [0.15, 0.2) is 11.0 Å². The van der Waals surface area contributed by atoms with E-state index < -0.39 is 0 Å². The molecule has 0 saturated heterocycles. The van der Waals surface area contributed by atoms with Gasteiger partial charge in [0, 0.05) is 0 Å². The van der Waals surface area contributed by atoms with E-state index in [2.05, 4.69) is 0 Å². The van der Waals surface area contributed by atoms with Gasteiger partial charge in [-0.15, -0.1) is 0 Å². The van der Waals surface area contributed by atoms with Crippen LogP contribution in [-0.2, 0) is 0 Å². The van der Waals surface area contributed by atoms with Crippen molar-refractivity contribution in [1.82, 2.24) is 0 Å². The highest BCUT2D eigenvalue weighted by atomic mass is 33.1. The lowest BCUT2D eigenvalue weighted by Gasteiger charge is -2.06. The molecule has 0 amide bonds. The third-order valence-electron chi connectivity index (χ3n) is 1.91. The van der Waals surface area contributed by atoms with Crippen molar-refractivity contribution in [2.75, 3.05) is 6.26 Å². The third kappa shape index (κ3) is 2.35. The second-order valence-corrected chi connectivity index (χ2v) is 5.16. The first-order chi connectivity index (χ1) is 8.23. The van der Waals surface area contributed by atoms with E-state index in [1.807, 2.05) is 24.3 Å². The van der Waals surface area contributed by atoms with Gasteiger partial charge in [-0.1, -0.05) is 21.6 Å². The smallest absolute Gasteiger partial charge is 0.102 e. The molecule has 0 heterocycles. The van der Waals surface area contributed by atoms with Gasteiger partial charge in [-0.25, -0.2) is 0 Å². The lowest BCUT2D eigenvalue weighted by Crippen LogP contribution is -1.96. The van der Waals surface area contributed by atoms with Gasteiger partial charge in [-0.3, -0.25) is 0 Å². The molecule has 1 aromatic rings. The topological polar surface area (TPSA) is 95.2 Å². The second-order valence-electron chi connectivity index (χ2n) is 2.75. The fourth-order valence-electron chi connectivity index (χ4n) is 1.22. The molecule has 0 atom stereocenters. The van der Waals surface area contributed by atoms with Crippen LogP contribution in [0.5, 0.6) is 0 Å². The minimum absolute atomic E-state index is 0.125. The van der Waals surface area contributed by atoms with Gasteiger partial charge in [0.2, 0.25) is 0 Å². The number of nitrogens with zero attached hydrogens (tertiary/aromatic N) is 4. The average molecular weight is 256 g/mol. The highest BCUT2D eigenvalue weighted by molar-refractivity contribution is 8.76. The first-order valence-corrected chi connectivity index (χ1v) is 6.81. The van der Waals surface area contributed by atoms with Crippen molar-refractivity contribution in [2.24, 2.45) is 0 Å². The first-order valence-electron chi connectivity index (χ1n) is 4.25. The fourth-order valence-corrected chi connectivity index (χ4v) is 2.87. The fraction of sp³-hybridized carbons (Fsp3) is 0.0909. The van der Waals surface area contributed by atoms with Gasteiger partial charge in [0.05, 0.1) is 27.1 Å². The minimum Gasteiger partial charge on any atom is -0.192 e. The highest BCUT2D eigenvalue weighted by Gasteiger charge is 2.18. The van der Waals surface area contributed by atoms with Gasteiger partial charge in [0.15, 0.2) is 0 Å². The Morgan fingerprint density at radius 2 is 1.35 bits per heavy atom. The molecule has 0 aliphatic heterocycles. The molecule has 80 valence electrons. The summed E-state index contributed by atoms with van der Waals surface area (Å²) in [5.41, 5.74) is 0.559. The van der Waals surface area contributed by atoms with Crippen LogP contribution in [0, 0.1) is 45.3 Å². The number of rotatable bonds is 2. The van der Waals surface area contributed by atoms with Gasteiger partial charge in [0.25, 0.3) is 0 Å². The van der Waals surface area contributed by atoms with E-state index in [0.717, 1.165) is 0 Å². The molecule has 0 N–H and O–H groups in total. The zero-order valence-electron chi connectivity index (χ0n) is 8.68. The summed E-state index contributed by atoms with van der Waals surface area (Å²) in [6.07, 6.45) is 1.79. The summed E-state index contributed by atoms with van der Waals surface area (Å²) in [6.45, 7) is 0. The van der Waals surface area contributed by atoms with Crippen LogP contribution in [-0.4, -0.2) is 6.26 Å². The molecule has 0 aliphatic rings. The number of hydrogen-bond acceptors (Lipinski definition) is 6. The lowest BCUT2D eigenvalue weighted by atomic mass is 10.0. The Morgan fingerprint density at radius 1 is 0.882 bits per heavy atom. The van der Waals surface area contributed by atoms with Gasteiger partial charge in [-0.05, 0) is 12.3 Å². The summed E-state index contributed by atoms with van der Waals surface area (Å²) >= 11 is 0. The predicted molar refractivity (Wildman–Crippen MR) is 64.7 cm³/mol. The summed E-state index contributed by atoms with van der Waals surface area (Å²) in [5, 5.41) is 35.9. The Hall–Kier alpha value is -2.12. The van der Waals surface area contributed by atoms with Crippen LogP contribution < -0.4 is 0 Å². The predicted octanol–water partition coefficient (Wildman–Crippen LogP) is 2.54. The van der Waals surface area contributed by atoms with Crippen LogP contribution in [0.3, 0.4) is 0 Å². The molecule has 0 aliphatic carbocycles. The lowest BCUT2D eigenvalue weighted by molar-refractivity contribution is 1.27. The van der Waals surface area contributed by atoms with Crippen molar-refractivity contribution in [1.29, 1.82) is 21.0 Å². The van der Waals surface area contributed by atoms with Gasteiger partial charge >= 0.3 is 0 Å². The number of nitriles is 4.